The zero-order valence-corrected chi connectivity index (χ0v) is 21.7. The Hall–Kier alpha value is -1.76. The van der Waals surface area contributed by atoms with Gasteiger partial charge in [0, 0.05) is 5.41 Å². The summed E-state index contributed by atoms with van der Waals surface area (Å²) in [5, 5.41) is 31.8. The van der Waals surface area contributed by atoms with Crippen LogP contribution in [0.25, 0.3) is 0 Å². The molecule has 6 rings (SSSR count). The van der Waals surface area contributed by atoms with E-state index in [9.17, 15) is 24.9 Å². The van der Waals surface area contributed by atoms with Crippen molar-refractivity contribution >= 4 is 11.8 Å². The summed E-state index contributed by atoms with van der Waals surface area (Å²) < 4.78 is 5.23. The highest BCUT2D eigenvalue weighted by Crippen LogP contribution is 2.82. The normalized spacial score (nSPS) is 51.2. The molecular weight excluding hydrogens is 444 g/mol. The number of fused-ring (bicyclic) bond motifs is 5. The van der Waals surface area contributed by atoms with Crippen LogP contribution in [-0.4, -0.2) is 45.6 Å². The van der Waals surface area contributed by atoms with Gasteiger partial charge in [0.05, 0.1) is 12.5 Å². The molecule has 190 valence electrons. The maximum atomic E-state index is 12.8. The average molecular weight is 483 g/mol. The molecule has 6 aliphatic carbocycles. The highest BCUT2D eigenvalue weighted by molar-refractivity contribution is 6.03. The third kappa shape index (κ3) is 2.26. The summed E-state index contributed by atoms with van der Waals surface area (Å²) in [5.41, 5.74) is 0.746. The standard InChI is InChI=1S/C29H38O6/c1-23-7-8-24(2,22(31)35-6)15-19(23)26(4)11-12-28-16(13-18(28)25(26,3)10-9-23)21-17(28)14-20(30)29(33,34)27(21,5)32/h13-14,19,32-34H,7-12,15H2,1-6H3/t19-,23-,24-,25-,26+,27+,28-/m1/s1. The van der Waals surface area contributed by atoms with Gasteiger partial charge in [-0.2, -0.15) is 0 Å². The third-order valence-corrected chi connectivity index (χ3v) is 12.3. The summed E-state index contributed by atoms with van der Waals surface area (Å²) in [6.45, 7) is 10.6. The van der Waals surface area contributed by atoms with Crippen LogP contribution in [0.2, 0.25) is 0 Å². The molecule has 6 heteroatoms. The van der Waals surface area contributed by atoms with Gasteiger partial charge in [0.25, 0.3) is 5.79 Å². The maximum absolute atomic E-state index is 12.8. The topological polar surface area (TPSA) is 104 Å². The van der Waals surface area contributed by atoms with Crippen LogP contribution < -0.4 is 0 Å². The molecule has 0 aromatic carbocycles. The first-order valence-electron chi connectivity index (χ1n) is 13.1. The van der Waals surface area contributed by atoms with Gasteiger partial charge < -0.3 is 20.1 Å². The lowest BCUT2D eigenvalue weighted by atomic mass is 9.29. The van der Waals surface area contributed by atoms with Crippen LogP contribution >= 0.6 is 0 Å². The maximum Gasteiger partial charge on any atom is 0.311 e. The van der Waals surface area contributed by atoms with Gasteiger partial charge in [-0.25, -0.2) is 0 Å². The molecule has 0 heterocycles. The lowest BCUT2D eigenvalue weighted by Gasteiger charge is -2.74. The first kappa shape index (κ1) is 23.6. The SMILES string of the molecule is COC(=O)[C@]1(C)CC[C@]2(C)CC[C@]3(C)C4=CC5=C6C(=CC(=O)C(O)(O)[C@@]6(C)O)[C@]45CC[C@@]3(C)[C@@H]2C1. The molecule has 0 aliphatic heterocycles. The number of hydrogen-bond acceptors (Lipinski definition) is 6. The largest absolute Gasteiger partial charge is 0.469 e. The van der Waals surface area contributed by atoms with Crippen LogP contribution in [0.1, 0.15) is 79.6 Å². The molecule has 3 N–H and O–H groups in total. The van der Waals surface area contributed by atoms with Gasteiger partial charge in [0.1, 0.15) is 5.60 Å². The van der Waals surface area contributed by atoms with Crippen molar-refractivity contribution < 1.29 is 29.6 Å². The van der Waals surface area contributed by atoms with Crippen LogP contribution in [-0.2, 0) is 14.3 Å². The number of carbonyl (C=O) groups excluding carboxylic acids is 2. The minimum absolute atomic E-state index is 0.0203. The van der Waals surface area contributed by atoms with Gasteiger partial charge in [0.2, 0.25) is 5.78 Å². The summed E-state index contributed by atoms with van der Waals surface area (Å²) >= 11 is 0. The summed E-state index contributed by atoms with van der Waals surface area (Å²) in [7, 11) is 1.49. The van der Waals surface area contributed by atoms with E-state index in [2.05, 4.69) is 33.8 Å². The number of hydrogen-bond donors (Lipinski definition) is 3. The molecule has 6 nitrogen and oxygen atoms in total. The molecule has 0 bridgehead atoms. The second-order valence-corrected chi connectivity index (χ2v) is 13.6. The fourth-order valence-electron chi connectivity index (χ4n) is 9.54. The Morgan fingerprint density at radius 1 is 0.943 bits per heavy atom. The Balaban J connectivity index is 1.45. The van der Waals surface area contributed by atoms with Gasteiger partial charge >= 0.3 is 5.97 Å². The summed E-state index contributed by atoms with van der Waals surface area (Å²) in [6.07, 6.45) is 10.2. The first-order chi connectivity index (χ1) is 16.1. The monoisotopic (exact) mass is 482 g/mol. The van der Waals surface area contributed by atoms with Crippen LogP contribution in [0.3, 0.4) is 0 Å². The van der Waals surface area contributed by atoms with Crippen molar-refractivity contribution in [2.24, 2.45) is 33.0 Å². The van der Waals surface area contributed by atoms with E-state index in [-0.39, 0.29) is 27.6 Å². The lowest BCUT2D eigenvalue weighted by Crippen LogP contribution is -2.70. The number of allylic oxidation sites excluding steroid dienone is 3. The van der Waals surface area contributed by atoms with E-state index in [0.29, 0.717) is 11.5 Å². The minimum Gasteiger partial charge on any atom is -0.469 e. The van der Waals surface area contributed by atoms with Gasteiger partial charge in [0.15, 0.2) is 0 Å². The molecule has 3 saturated carbocycles. The zero-order chi connectivity index (χ0) is 25.6. The van der Waals surface area contributed by atoms with Crippen molar-refractivity contribution in [3.8, 4) is 0 Å². The number of methoxy groups -OCH3 is 1. The van der Waals surface area contributed by atoms with Crippen molar-refractivity contribution in [1.82, 2.24) is 0 Å². The molecule has 35 heavy (non-hydrogen) atoms. The Morgan fingerprint density at radius 2 is 1.60 bits per heavy atom. The second-order valence-electron chi connectivity index (χ2n) is 13.6. The van der Waals surface area contributed by atoms with Gasteiger partial charge in [-0.05, 0) is 109 Å². The average Bonchev–Trinajstić information content (AvgIpc) is 2.78. The molecule has 3 fully saturated rings. The van der Waals surface area contributed by atoms with Gasteiger partial charge in [-0.1, -0.05) is 26.8 Å². The fraction of sp³-hybridized carbons (Fsp3) is 0.724. The predicted molar refractivity (Wildman–Crippen MR) is 129 cm³/mol. The van der Waals surface area contributed by atoms with E-state index >= 15 is 0 Å². The summed E-state index contributed by atoms with van der Waals surface area (Å²) in [6, 6.07) is 0. The Kier molecular flexibility index (Phi) is 4.19. The summed E-state index contributed by atoms with van der Waals surface area (Å²) in [5.74, 6) is -3.41. The molecule has 0 amide bonds. The third-order valence-electron chi connectivity index (χ3n) is 12.3. The second kappa shape index (κ2) is 6.20. The van der Waals surface area contributed by atoms with E-state index in [1.807, 2.05) is 0 Å². The van der Waals surface area contributed by atoms with E-state index in [4.69, 9.17) is 4.74 Å². The summed E-state index contributed by atoms with van der Waals surface area (Å²) in [4.78, 5) is 25.5. The number of rotatable bonds is 1. The van der Waals surface area contributed by atoms with Gasteiger partial charge in [-0.3, -0.25) is 9.59 Å². The molecule has 0 aromatic heterocycles. The molecule has 6 aliphatic rings. The number of carbonyl (C=O) groups is 2. The highest BCUT2D eigenvalue weighted by atomic mass is 16.5. The predicted octanol–water partition coefficient (Wildman–Crippen LogP) is 3.75. The van der Waals surface area contributed by atoms with E-state index < -0.39 is 22.6 Å². The highest BCUT2D eigenvalue weighted by Gasteiger charge is 2.75. The number of aliphatic hydroxyl groups is 3. The number of ether oxygens (including phenoxy) is 1. The Labute approximate surface area is 207 Å². The molecule has 0 unspecified atom stereocenters. The Bertz CT molecular complexity index is 1190. The van der Waals surface area contributed by atoms with E-state index in [0.717, 1.165) is 56.1 Å². The van der Waals surface area contributed by atoms with Crippen LogP contribution in [0, 0.1) is 33.0 Å². The van der Waals surface area contributed by atoms with Crippen LogP contribution in [0.15, 0.2) is 34.4 Å². The smallest absolute Gasteiger partial charge is 0.311 e. The van der Waals surface area contributed by atoms with Crippen molar-refractivity contribution in [3.05, 3.63) is 34.4 Å². The minimum atomic E-state index is -2.82. The van der Waals surface area contributed by atoms with E-state index in [1.165, 1.54) is 25.7 Å². The van der Waals surface area contributed by atoms with Gasteiger partial charge in [-0.15, -0.1) is 0 Å². The fourth-order valence-corrected chi connectivity index (χ4v) is 9.54. The molecule has 7 atom stereocenters. The Morgan fingerprint density at radius 3 is 2.26 bits per heavy atom. The van der Waals surface area contributed by atoms with Crippen molar-refractivity contribution in [1.29, 1.82) is 0 Å². The molecule has 0 aromatic rings. The van der Waals surface area contributed by atoms with E-state index in [1.54, 1.807) is 0 Å². The molecule has 0 saturated heterocycles. The van der Waals surface area contributed by atoms with Crippen molar-refractivity contribution in [2.75, 3.05) is 7.11 Å². The molecule has 1 spiro atoms. The molecule has 0 radical (unpaired) electrons. The van der Waals surface area contributed by atoms with Crippen LogP contribution in [0.4, 0.5) is 0 Å². The zero-order valence-electron chi connectivity index (χ0n) is 21.7. The van der Waals surface area contributed by atoms with Crippen molar-refractivity contribution in [2.45, 2.75) is 91.0 Å². The van der Waals surface area contributed by atoms with Crippen LogP contribution in [0.5, 0.6) is 0 Å². The lowest BCUT2D eigenvalue weighted by molar-refractivity contribution is -0.242. The first-order valence-corrected chi connectivity index (χ1v) is 13.1. The number of esters is 1. The van der Waals surface area contributed by atoms with Crippen molar-refractivity contribution in [3.63, 3.8) is 0 Å². The number of ketones is 1. The molecular formula is C29H38O6. The quantitative estimate of drug-likeness (QED) is 0.388.